The average molecular weight is 250 g/mol. The van der Waals surface area contributed by atoms with Gasteiger partial charge in [-0.25, -0.2) is 4.79 Å². The van der Waals surface area contributed by atoms with E-state index in [-0.39, 0.29) is 0 Å². The van der Waals surface area contributed by atoms with Crippen LogP contribution in [-0.4, -0.2) is 39.6 Å². The maximum absolute atomic E-state index is 11.5. The Labute approximate surface area is 107 Å². The summed E-state index contributed by atoms with van der Waals surface area (Å²) in [7, 11) is 4.71. The number of anilines is 1. The predicted molar refractivity (Wildman–Crippen MR) is 70.6 cm³/mol. The highest BCUT2D eigenvalue weighted by molar-refractivity contribution is 6.05. The van der Waals surface area contributed by atoms with E-state index in [1.165, 1.54) is 7.11 Å². The largest absolute Gasteiger partial charge is 0.465 e. The second kappa shape index (κ2) is 6.76. The van der Waals surface area contributed by atoms with Crippen LogP contribution in [0.5, 0.6) is 0 Å². The highest BCUT2D eigenvalue weighted by Gasteiger charge is 2.12. The maximum atomic E-state index is 11.5. The molecule has 2 N–H and O–H groups in total. The Kier molecular flexibility index (Phi) is 5.32. The molecule has 0 spiro atoms. The van der Waals surface area contributed by atoms with Gasteiger partial charge in [0.15, 0.2) is 0 Å². The van der Waals surface area contributed by atoms with Gasteiger partial charge in [0.25, 0.3) is 0 Å². The van der Waals surface area contributed by atoms with Crippen molar-refractivity contribution in [2.75, 3.05) is 33.2 Å². The van der Waals surface area contributed by atoms with Gasteiger partial charge >= 0.3 is 5.97 Å². The average Bonchev–Trinajstić information content (AvgIpc) is 2.43. The van der Waals surface area contributed by atoms with Gasteiger partial charge in [0.1, 0.15) is 0 Å². The predicted octanol–water partition coefficient (Wildman–Crippen LogP) is 1.92. The number of hydrogen-bond acceptors (Lipinski definition) is 5. The summed E-state index contributed by atoms with van der Waals surface area (Å²) in [6.07, 6.45) is 0.496. The van der Waals surface area contributed by atoms with Gasteiger partial charge < -0.3 is 20.2 Å². The number of nitrogens with one attached hydrogen (secondary N) is 2. The third kappa shape index (κ3) is 3.30. The quantitative estimate of drug-likeness (QED) is 0.597. The van der Waals surface area contributed by atoms with Crippen molar-refractivity contribution in [2.24, 2.45) is 0 Å². The van der Waals surface area contributed by atoms with Crippen LogP contribution in [-0.2, 0) is 9.47 Å². The normalized spacial score (nSPS) is 9.94. The van der Waals surface area contributed by atoms with Crippen LogP contribution >= 0.6 is 0 Å². The molecule has 0 saturated heterocycles. The molecule has 18 heavy (non-hydrogen) atoms. The van der Waals surface area contributed by atoms with Gasteiger partial charge in [-0.05, 0) is 18.2 Å². The number of hydrogen-bond donors (Lipinski definition) is 2. The zero-order chi connectivity index (χ0) is 13.5. The van der Waals surface area contributed by atoms with Crippen molar-refractivity contribution in [3.63, 3.8) is 0 Å². The number of rotatable bonds is 6. The lowest BCUT2D eigenvalue weighted by molar-refractivity contribution is 0.0601. The monoisotopic (exact) mass is 250 g/mol. The highest BCUT2D eigenvalue weighted by atomic mass is 16.5. The minimum atomic E-state index is -0.404. The molecule has 0 heterocycles. The second-order valence-corrected chi connectivity index (χ2v) is 3.72. The maximum Gasteiger partial charge on any atom is 0.337 e. The van der Waals surface area contributed by atoms with Crippen LogP contribution in [0, 0.1) is 5.41 Å². The number of ether oxygens (including phenoxy) is 2. The Morgan fingerprint density at radius 3 is 2.67 bits per heavy atom. The van der Waals surface area contributed by atoms with Crippen molar-refractivity contribution in [3.05, 3.63) is 29.3 Å². The van der Waals surface area contributed by atoms with E-state index in [2.05, 4.69) is 10.1 Å². The van der Waals surface area contributed by atoms with Gasteiger partial charge in [0.05, 0.1) is 19.3 Å². The molecule has 0 fully saturated rings. The molecule has 1 aromatic carbocycles. The smallest absolute Gasteiger partial charge is 0.337 e. The summed E-state index contributed by atoms with van der Waals surface area (Å²) in [6.45, 7) is 0.477. The third-order valence-electron chi connectivity index (χ3n) is 2.59. The summed E-state index contributed by atoms with van der Waals surface area (Å²) in [5.74, 6) is -0.404. The van der Waals surface area contributed by atoms with Crippen molar-refractivity contribution in [1.82, 2.24) is 0 Å². The van der Waals surface area contributed by atoms with Gasteiger partial charge in [-0.1, -0.05) is 0 Å². The summed E-state index contributed by atoms with van der Waals surface area (Å²) in [5, 5.41) is 11.0. The molecule has 0 radical (unpaired) electrons. The number of carbonyl (C=O) groups is 1. The molecule has 1 rings (SSSR count). The molecule has 5 heteroatoms. The molecule has 1 aromatic rings. The minimum absolute atomic E-state index is 0.404. The van der Waals surface area contributed by atoms with E-state index < -0.39 is 5.97 Å². The van der Waals surface area contributed by atoms with Crippen LogP contribution < -0.4 is 5.32 Å². The Hall–Kier alpha value is -1.88. The lowest BCUT2D eigenvalue weighted by Gasteiger charge is -2.11. The molecule has 0 aliphatic rings. The number of carbonyl (C=O) groups excluding carboxylic acids is 1. The van der Waals surface area contributed by atoms with Gasteiger partial charge in [-0.3, -0.25) is 0 Å². The van der Waals surface area contributed by atoms with E-state index >= 15 is 0 Å². The molecular formula is C13H18N2O3. The van der Waals surface area contributed by atoms with Crippen molar-refractivity contribution in [3.8, 4) is 0 Å². The van der Waals surface area contributed by atoms with Crippen LogP contribution in [0.15, 0.2) is 18.2 Å². The number of esters is 1. The SMILES string of the molecule is CNc1ccc(C(=O)OC)cc1C(=N)CCOC. The fourth-order valence-corrected chi connectivity index (χ4v) is 1.60. The molecule has 0 aliphatic carbocycles. The van der Waals surface area contributed by atoms with Crippen LogP contribution in [0.3, 0.4) is 0 Å². The van der Waals surface area contributed by atoms with Crippen LogP contribution in [0.1, 0.15) is 22.3 Å². The first-order chi connectivity index (χ1) is 8.63. The zero-order valence-corrected chi connectivity index (χ0v) is 10.9. The molecule has 0 bridgehead atoms. The van der Waals surface area contributed by atoms with E-state index in [0.717, 1.165) is 5.69 Å². The molecular weight excluding hydrogens is 232 g/mol. The Bertz CT molecular complexity index is 444. The lowest BCUT2D eigenvalue weighted by atomic mass is 10.0. The molecule has 0 aliphatic heterocycles. The number of methoxy groups -OCH3 is 2. The first-order valence-electron chi connectivity index (χ1n) is 5.61. The first-order valence-corrected chi connectivity index (χ1v) is 5.61. The molecule has 0 atom stereocenters. The lowest BCUT2D eigenvalue weighted by Crippen LogP contribution is -2.09. The van der Waals surface area contributed by atoms with Gasteiger partial charge in [-0.15, -0.1) is 0 Å². The molecule has 0 unspecified atom stereocenters. The van der Waals surface area contributed by atoms with Crippen molar-refractivity contribution in [1.29, 1.82) is 5.41 Å². The van der Waals surface area contributed by atoms with E-state index in [4.69, 9.17) is 10.1 Å². The topological polar surface area (TPSA) is 71.4 Å². The molecule has 98 valence electrons. The number of benzene rings is 1. The van der Waals surface area contributed by atoms with E-state index in [9.17, 15) is 4.79 Å². The Balaban J connectivity index is 3.05. The van der Waals surface area contributed by atoms with Crippen LogP contribution in [0.2, 0.25) is 0 Å². The molecule has 0 amide bonds. The second-order valence-electron chi connectivity index (χ2n) is 3.72. The summed E-state index contributed by atoms with van der Waals surface area (Å²) in [4.78, 5) is 11.5. The molecule has 0 saturated carbocycles. The third-order valence-corrected chi connectivity index (χ3v) is 2.59. The minimum Gasteiger partial charge on any atom is -0.465 e. The molecule has 5 nitrogen and oxygen atoms in total. The Morgan fingerprint density at radius 1 is 1.39 bits per heavy atom. The van der Waals surface area contributed by atoms with Crippen molar-refractivity contribution in [2.45, 2.75) is 6.42 Å². The fraction of sp³-hybridized carbons (Fsp3) is 0.385. The van der Waals surface area contributed by atoms with Crippen LogP contribution in [0.25, 0.3) is 0 Å². The standard InChI is InChI=1S/C13H18N2O3/c1-15-12-5-4-9(13(16)18-3)8-10(12)11(14)6-7-17-2/h4-5,8,14-15H,6-7H2,1-3H3. The van der Waals surface area contributed by atoms with E-state index in [1.807, 2.05) is 0 Å². The fourth-order valence-electron chi connectivity index (χ4n) is 1.60. The van der Waals surface area contributed by atoms with Gasteiger partial charge in [-0.2, -0.15) is 0 Å². The van der Waals surface area contributed by atoms with Crippen molar-refractivity contribution >= 4 is 17.4 Å². The highest BCUT2D eigenvalue weighted by Crippen LogP contribution is 2.19. The summed E-state index contributed by atoms with van der Waals surface area (Å²) < 4.78 is 9.62. The Morgan fingerprint density at radius 2 is 2.11 bits per heavy atom. The summed E-state index contributed by atoms with van der Waals surface area (Å²) >= 11 is 0. The summed E-state index contributed by atoms with van der Waals surface area (Å²) in [6, 6.07) is 5.10. The van der Waals surface area contributed by atoms with Gasteiger partial charge in [0, 0.05) is 37.5 Å². The van der Waals surface area contributed by atoms with Gasteiger partial charge in [0.2, 0.25) is 0 Å². The first kappa shape index (κ1) is 14.2. The van der Waals surface area contributed by atoms with Crippen LogP contribution in [0.4, 0.5) is 5.69 Å². The van der Waals surface area contributed by atoms with Crippen molar-refractivity contribution < 1.29 is 14.3 Å². The zero-order valence-electron chi connectivity index (χ0n) is 10.9. The molecule has 0 aromatic heterocycles. The summed E-state index contributed by atoms with van der Waals surface area (Å²) in [5.41, 5.74) is 2.36. The van der Waals surface area contributed by atoms with E-state index in [0.29, 0.717) is 29.9 Å². The van der Waals surface area contributed by atoms with E-state index in [1.54, 1.807) is 32.4 Å².